The molecule has 1 amide bonds. The number of carbonyl (C=O) groups is 2. The van der Waals surface area contributed by atoms with Crippen LogP contribution < -0.4 is 5.32 Å². The molecule has 0 atom stereocenters. The van der Waals surface area contributed by atoms with Crippen LogP contribution >= 0.6 is 15.9 Å². The van der Waals surface area contributed by atoms with Gasteiger partial charge in [-0.05, 0) is 41.1 Å². The Morgan fingerprint density at radius 3 is 2.84 bits per heavy atom. The van der Waals surface area contributed by atoms with Gasteiger partial charge in [-0.2, -0.15) is 0 Å². The van der Waals surface area contributed by atoms with Gasteiger partial charge in [0.25, 0.3) is 5.91 Å². The van der Waals surface area contributed by atoms with Crippen molar-refractivity contribution in [3.05, 3.63) is 46.0 Å². The SMILES string of the molecule is Cc1cc(NC(=O)c2ncccc2Br)c(C(=O)O)[nH]1. The largest absolute Gasteiger partial charge is 0.477 e. The molecule has 2 aromatic rings. The van der Waals surface area contributed by atoms with Crippen molar-refractivity contribution in [1.82, 2.24) is 9.97 Å². The standard InChI is InChI=1S/C12H10BrN3O3/c1-6-5-8(10(15-6)12(18)19)16-11(17)9-7(13)3-2-4-14-9/h2-5,15H,1H3,(H,16,17)(H,18,19). The number of nitrogens with zero attached hydrogens (tertiary/aromatic N) is 1. The van der Waals surface area contributed by atoms with Crippen LogP contribution in [0.4, 0.5) is 5.69 Å². The van der Waals surface area contributed by atoms with E-state index in [9.17, 15) is 9.59 Å². The van der Waals surface area contributed by atoms with Crippen molar-refractivity contribution < 1.29 is 14.7 Å². The lowest BCUT2D eigenvalue weighted by molar-refractivity contribution is 0.0692. The molecule has 2 rings (SSSR count). The molecule has 0 aliphatic rings. The maximum Gasteiger partial charge on any atom is 0.354 e. The summed E-state index contributed by atoms with van der Waals surface area (Å²) < 4.78 is 0.539. The molecular weight excluding hydrogens is 314 g/mol. The smallest absolute Gasteiger partial charge is 0.354 e. The molecule has 0 radical (unpaired) electrons. The maximum atomic E-state index is 12.0. The lowest BCUT2D eigenvalue weighted by Gasteiger charge is -2.05. The number of aromatic nitrogens is 2. The van der Waals surface area contributed by atoms with E-state index in [1.807, 2.05) is 0 Å². The van der Waals surface area contributed by atoms with E-state index >= 15 is 0 Å². The Balaban J connectivity index is 2.29. The number of carboxylic acids is 1. The molecule has 98 valence electrons. The lowest BCUT2D eigenvalue weighted by Crippen LogP contribution is -2.16. The molecule has 0 spiro atoms. The molecule has 6 nitrogen and oxygen atoms in total. The van der Waals surface area contributed by atoms with Gasteiger partial charge in [-0.3, -0.25) is 4.79 Å². The van der Waals surface area contributed by atoms with Crippen LogP contribution in [0.25, 0.3) is 0 Å². The second-order valence-corrected chi connectivity index (χ2v) is 4.69. The quantitative estimate of drug-likeness (QED) is 0.808. The van der Waals surface area contributed by atoms with E-state index < -0.39 is 11.9 Å². The zero-order valence-electron chi connectivity index (χ0n) is 9.90. The van der Waals surface area contributed by atoms with Crippen LogP contribution in [0, 0.1) is 6.92 Å². The highest BCUT2D eigenvalue weighted by Crippen LogP contribution is 2.19. The highest BCUT2D eigenvalue weighted by molar-refractivity contribution is 9.10. The van der Waals surface area contributed by atoms with E-state index in [1.165, 1.54) is 6.20 Å². The molecule has 0 aliphatic carbocycles. The van der Waals surface area contributed by atoms with Crippen molar-refractivity contribution in [1.29, 1.82) is 0 Å². The van der Waals surface area contributed by atoms with Gasteiger partial charge in [0.2, 0.25) is 0 Å². The number of rotatable bonds is 3. The van der Waals surface area contributed by atoms with Crippen molar-refractivity contribution in [2.24, 2.45) is 0 Å². The van der Waals surface area contributed by atoms with Gasteiger partial charge in [-0.25, -0.2) is 9.78 Å². The van der Waals surface area contributed by atoms with Gasteiger partial charge in [-0.15, -0.1) is 0 Å². The van der Waals surface area contributed by atoms with E-state index in [1.54, 1.807) is 25.1 Å². The normalized spacial score (nSPS) is 10.2. The fourth-order valence-electron chi connectivity index (χ4n) is 1.59. The first-order valence-corrected chi connectivity index (χ1v) is 6.13. The summed E-state index contributed by atoms with van der Waals surface area (Å²) in [6.45, 7) is 1.71. The minimum Gasteiger partial charge on any atom is -0.477 e. The number of aromatic carboxylic acids is 1. The molecule has 0 aliphatic heterocycles. The van der Waals surface area contributed by atoms with Crippen LogP contribution in [-0.2, 0) is 0 Å². The fourth-order valence-corrected chi connectivity index (χ4v) is 2.03. The molecule has 0 unspecified atom stereocenters. The predicted octanol–water partition coefficient (Wildman–Crippen LogP) is 2.43. The Labute approximate surface area is 117 Å². The summed E-state index contributed by atoms with van der Waals surface area (Å²) in [5, 5.41) is 11.5. The molecule has 19 heavy (non-hydrogen) atoms. The van der Waals surface area contributed by atoms with Gasteiger partial charge in [0.05, 0.1) is 5.69 Å². The summed E-state index contributed by atoms with van der Waals surface area (Å²) in [6.07, 6.45) is 1.49. The van der Waals surface area contributed by atoms with E-state index in [2.05, 4.69) is 31.2 Å². The van der Waals surface area contributed by atoms with Crippen molar-refractivity contribution in [2.45, 2.75) is 6.92 Å². The Kier molecular flexibility index (Phi) is 3.66. The monoisotopic (exact) mass is 323 g/mol. The molecule has 2 aromatic heterocycles. The number of nitrogens with one attached hydrogen (secondary N) is 2. The van der Waals surface area contributed by atoms with Crippen LogP contribution in [-0.4, -0.2) is 27.0 Å². The zero-order chi connectivity index (χ0) is 14.0. The lowest BCUT2D eigenvalue weighted by atomic mass is 10.3. The van der Waals surface area contributed by atoms with E-state index in [4.69, 9.17) is 5.11 Å². The van der Waals surface area contributed by atoms with Crippen molar-refractivity contribution >= 4 is 33.5 Å². The summed E-state index contributed by atoms with van der Waals surface area (Å²) in [4.78, 5) is 29.6. The molecule has 0 bridgehead atoms. The number of carbonyl (C=O) groups excluding carboxylic acids is 1. The Morgan fingerprint density at radius 2 is 2.21 bits per heavy atom. The third-order valence-electron chi connectivity index (χ3n) is 2.39. The third kappa shape index (κ3) is 2.82. The van der Waals surface area contributed by atoms with E-state index in [0.717, 1.165) is 0 Å². The minimum atomic E-state index is -1.14. The number of carboxylic acid groups (broad SMARTS) is 1. The Bertz CT molecular complexity index is 651. The van der Waals surface area contributed by atoms with Gasteiger partial charge in [-0.1, -0.05) is 0 Å². The third-order valence-corrected chi connectivity index (χ3v) is 3.03. The number of halogens is 1. The van der Waals surface area contributed by atoms with Crippen LogP contribution in [0.3, 0.4) is 0 Å². The molecular formula is C12H10BrN3O3. The van der Waals surface area contributed by atoms with Gasteiger partial charge in [0.1, 0.15) is 11.4 Å². The van der Waals surface area contributed by atoms with Crippen LogP contribution in [0.15, 0.2) is 28.9 Å². The summed E-state index contributed by atoms with van der Waals surface area (Å²) >= 11 is 3.22. The number of hydrogen-bond donors (Lipinski definition) is 3. The number of H-pyrrole nitrogens is 1. The number of hydrogen-bond acceptors (Lipinski definition) is 3. The number of anilines is 1. The molecule has 0 saturated carbocycles. The highest BCUT2D eigenvalue weighted by Gasteiger charge is 2.18. The highest BCUT2D eigenvalue weighted by atomic mass is 79.9. The van der Waals surface area contributed by atoms with E-state index in [-0.39, 0.29) is 17.1 Å². The predicted molar refractivity (Wildman–Crippen MR) is 72.4 cm³/mol. The van der Waals surface area contributed by atoms with Gasteiger partial charge < -0.3 is 15.4 Å². The Hall–Kier alpha value is -2.15. The topological polar surface area (TPSA) is 95.1 Å². The molecule has 0 aromatic carbocycles. The maximum absolute atomic E-state index is 12.0. The second-order valence-electron chi connectivity index (χ2n) is 3.83. The van der Waals surface area contributed by atoms with Crippen LogP contribution in [0.1, 0.15) is 26.7 Å². The summed E-state index contributed by atoms with van der Waals surface area (Å²) in [5.41, 5.74) is 0.996. The minimum absolute atomic E-state index is 0.0575. The van der Waals surface area contributed by atoms with Gasteiger partial charge in [0, 0.05) is 16.4 Å². The summed E-state index contributed by atoms with van der Waals surface area (Å²) in [5.74, 6) is -1.61. The molecule has 0 saturated heterocycles. The first-order chi connectivity index (χ1) is 8.99. The first kappa shape index (κ1) is 13.3. The zero-order valence-corrected chi connectivity index (χ0v) is 11.5. The number of amides is 1. The fraction of sp³-hybridized carbons (Fsp3) is 0.0833. The number of aryl methyl sites for hydroxylation is 1. The number of aromatic amines is 1. The van der Waals surface area contributed by atoms with Crippen molar-refractivity contribution in [2.75, 3.05) is 5.32 Å². The summed E-state index contributed by atoms with van der Waals surface area (Å²) in [6, 6.07) is 4.92. The average Bonchev–Trinajstić information content (AvgIpc) is 2.70. The van der Waals surface area contributed by atoms with Gasteiger partial charge >= 0.3 is 5.97 Å². The molecule has 7 heteroatoms. The van der Waals surface area contributed by atoms with Crippen LogP contribution in [0.5, 0.6) is 0 Å². The summed E-state index contributed by atoms with van der Waals surface area (Å²) in [7, 11) is 0. The Morgan fingerprint density at radius 1 is 1.47 bits per heavy atom. The second kappa shape index (κ2) is 5.23. The van der Waals surface area contributed by atoms with Crippen molar-refractivity contribution in [3.63, 3.8) is 0 Å². The number of pyridine rings is 1. The molecule has 2 heterocycles. The van der Waals surface area contributed by atoms with Crippen molar-refractivity contribution in [3.8, 4) is 0 Å². The molecule has 3 N–H and O–H groups in total. The average molecular weight is 324 g/mol. The van der Waals surface area contributed by atoms with Crippen LogP contribution in [0.2, 0.25) is 0 Å². The molecule has 0 fully saturated rings. The van der Waals surface area contributed by atoms with Gasteiger partial charge in [0.15, 0.2) is 0 Å². The first-order valence-electron chi connectivity index (χ1n) is 5.34. The van der Waals surface area contributed by atoms with E-state index in [0.29, 0.717) is 10.2 Å².